The minimum absolute atomic E-state index is 0.000494. The van der Waals surface area contributed by atoms with Crippen LogP contribution in [0.15, 0.2) is 12.1 Å². The fourth-order valence-electron chi connectivity index (χ4n) is 1.63. The third-order valence-corrected chi connectivity index (χ3v) is 3.01. The van der Waals surface area contributed by atoms with Gasteiger partial charge in [0.1, 0.15) is 11.5 Å². The van der Waals surface area contributed by atoms with Crippen molar-refractivity contribution in [3.05, 3.63) is 17.7 Å². The average Bonchev–Trinajstić information content (AvgIpc) is 2.92. The number of rotatable bonds is 3. The Morgan fingerprint density at radius 3 is 2.56 bits per heavy atom. The number of nitrogens with two attached hydrogens (primary N) is 1. The van der Waals surface area contributed by atoms with Gasteiger partial charge in [0.05, 0.1) is 5.69 Å². The molecule has 1 fully saturated rings. The van der Waals surface area contributed by atoms with Crippen molar-refractivity contribution in [1.82, 2.24) is 0 Å². The molecule has 0 amide bonds. The van der Waals surface area contributed by atoms with Gasteiger partial charge in [-0.15, -0.1) is 0 Å². The highest BCUT2D eigenvalue weighted by molar-refractivity contribution is 7.55. The summed E-state index contributed by atoms with van der Waals surface area (Å²) in [7, 11) is -4.20. The lowest BCUT2D eigenvalue weighted by Crippen LogP contribution is -2.17. The van der Waals surface area contributed by atoms with Crippen LogP contribution in [-0.4, -0.2) is 10.2 Å². The Morgan fingerprint density at radius 1 is 1.44 bits per heavy atom. The lowest BCUT2D eigenvalue weighted by atomic mass is 10.1. The van der Waals surface area contributed by atoms with E-state index in [0.717, 1.165) is 12.8 Å². The largest absolute Gasteiger partial charge is 0.772 e. The minimum Gasteiger partial charge on any atom is -0.772 e. The lowest BCUT2D eigenvalue weighted by molar-refractivity contribution is -0.173. The Labute approximate surface area is 92.3 Å². The molecule has 7 heteroatoms. The first-order chi connectivity index (χ1) is 7.38. The van der Waals surface area contributed by atoms with E-state index in [-0.39, 0.29) is 23.1 Å². The fraction of sp³-hybridized carbons (Fsp3) is 0.333. The predicted molar refractivity (Wildman–Crippen MR) is 57.2 cm³/mol. The Hall–Kier alpha value is -1.23. The topological polar surface area (TPSA) is 119 Å². The molecule has 1 aromatic rings. The summed E-state index contributed by atoms with van der Waals surface area (Å²) in [5.74, 6) is -0.169. The second-order valence-electron chi connectivity index (χ2n) is 3.88. The number of benzene rings is 1. The number of phenols is 2. The zero-order chi connectivity index (χ0) is 11.9. The first kappa shape index (κ1) is 11.3. The van der Waals surface area contributed by atoms with Gasteiger partial charge in [0.2, 0.25) is 0 Å². The Bertz CT molecular complexity index is 467. The van der Waals surface area contributed by atoms with Crippen LogP contribution in [0, 0.1) is 0 Å². The van der Waals surface area contributed by atoms with E-state index < -0.39 is 7.67 Å². The van der Waals surface area contributed by atoms with Gasteiger partial charge in [-0.2, -0.15) is 0 Å². The van der Waals surface area contributed by atoms with E-state index in [2.05, 4.69) is 0 Å². The van der Waals surface area contributed by atoms with Crippen molar-refractivity contribution in [2.75, 3.05) is 5.09 Å². The molecule has 88 valence electrons. The van der Waals surface area contributed by atoms with Crippen LogP contribution in [0.2, 0.25) is 0 Å². The summed E-state index contributed by atoms with van der Waals surface area (Å²) in [5, 5.41) is 21.4. The van der Waals surface area contributed by atoms with Crippen LogP contribution in [0.3, 0.4) is 0 Å². The van der Waals surface area contributed by atoms with Crippen LogP contribution in [0.25, 0.3) is 0 Å². The molecular formula is C9H12N2O4P-. The molecule has 1 unspecified atom stereocenters. The third-order valence-electron chi connectivity index (χ3n) is 2.46. The van der Waals surface area contributed by atoms with E-state index in [1.165, 1.54) is 12.1 Å². The van der Waals surface area contributed by atoms with Gasteiger partial charge in [0.15, 0.2) is 7.67 Å². The van der Waals surface area contributed by atoms with Crippen molar-refractivity contribution in [2.24, 2.45) is 5.50 Å². The Balaban J connectivity index is 2.40. The molecule has 1 aliphatic rings. The normalized spacial score (nSPS) is 19.1. The molecule has 16 heavy (non-hydrogen) atoms. The molecule has 1 atom stereocenters. The molecule has 1 saturated carbocycles. The first-order valence-corrected chi connectivity index (χ1v) is 6.50. The zero-order valence-electron chi connectivity index (χ0n) is 8.38. The third kappa shape index (κ3) is 2.29. The summed E-state index contributed by atoms with van der Waals surface area (Å²) in [5.41, 5.74) is 5.22. The van der Waals surface area contributed by atoms with Crippen LogP contribution in [0.5, 0.6) is 11.5 Å². The van der Waals surface area contributed by atoms with Gasteiger partial charge in [-0.05, 0) is 30.9 Å². The highest BCUT2D eigenvalue weighted by Gasteiger charge is 2.30. The second kappa shape index (κ2) is 3.66. The molecule has 2 rings (SSSR count). The average molecular weight is 243 g/mol. The van der Waals surface area contributed by atoms with Crippen LogP contribution in [-0.2, 0) is 4.57 Å². The van der Waals surface area contributed by atoms with Gasteiger partial charge < -0.3 is 20.2 Å². The van der Waals surface area contributed by atoms with Crippen molar-refractivity contribution in [2.45, 2.75) is 18.8 Å². The SMILES string of the molecule is NP(=O)([O-])Nc1ccc(O)c(C2CC2)c1O. The standard InChI is InChI=1S/C9H13N2O4P/c10-16(14,15)11-6-3-4-7(12)8(9(6)13)5-1-2-5/h3-5,12-13H,1-2H2,(H4,10,11,14,15)/p-1. The van der Waals surface area contributed by atoms with E-state index in [0.29, 0.717) is 5.56 Å². The van der Waals surface area contributed by atoms with Crippen molar-refractivity contribution >= 4 is 13.4 Å². The molecule has 6 nitrogen and oxygen atoms in total. The number of hydrogen-bond donors (Lipinski definition) is 4. The van der Waals surface area contributed by atoms with Gasteiger partial charge in [-0.25, -0.2) is 0 Å². The molecule has 0 radical (unpaired) electrons. The Kier molecular flexibility index (Phi) is 2.58. The van der Waals surface area contributed by atoms with Gasteiger partial charge >= 0.3 is 0 Å². The maximum atomic E-state index is 10.9. The molecule has 0 bridgehead atoms. The predicted octanol–water partition coefficient (Wildman–Crippen LogP) is 0.814. The van der Waals surface area contributed by atoms with E-state index in [4.69, 9.17) is 5.50 Å². The van der Waals surface area contributed by atoms with Crippen molar-refractivity contribution < 1.29 is 19.7 Å². The number of phenolic OH excluding ortho intramolecular Hbond substituents is 2. The van der Waals surface area contributed by atoms with Crippen LogP contribution < -0.4 is 15.5 Å². The molecule has 5 N–H and O–H groups in total. The molecular weight excluding hydrogens is 231 g/mol. The smallest absolute Gasteiger partial charge is 0.165 e. The number of aromatic hydroxyl groups is 2. The number of nitrogens with one attached hydrogen (secondary N) is 1. The highest BCUT2D eigenvalue weighted by Crippen LogP contribution is 2.51. The van der Waals surface area contributed by atoms with Crippen molar-refractivity contribution in [3.63, 3.8) is 0 Å². The van der Waals surface area contributed by atoms with E-state index in [9.17, 15) is 19.7 Å². The molecule has 0 heterocycles. The highest BCUT2D eigenvalue weighted by atomic mass is 31.2. The monoisotopic (exact) mass is 243 g/mol. The van der Waals surface area contributed by atoms with Gasteiger partial charge in [0, 0.05) is 5.56 Å². The van der Waals surface area contributed by atoms with Crippen molar-refractivity contribution in [1.29, 1.82) is 0 Å². The molecule has 0 aliphatic heterocycles. The molecule has 0 spiro atoms. The summed E-state index contributed by atoms with van der Waals surface area (Å²) in [4.78, 5) is 10.9. The molecule has 0 aromatic heterocycles. The van der Waals surface area contributed by atoms with Gasteiger partial charge in [0.25, 0.3) is 0 Å². The maximum absolute atomic E-state index is 10.9. The summed E-state index contributed by atoms with van der Waals surface area (Å²) in [6.07, 6.45) is 1.75. The molecule has 0 saturated heterocycles. The maximum Gasteiger partial charge on any atom is 0.165 e. The Morgan fingerprint density at radius 2 is 2.06 bits per heavy atom. The lowest BCUT2D eigenvalue weighted by Gasteiger charge is -2.21. The first-order valence-electron chi connectivity index (χ1n) is 4.81. The van der Waals surface area contributed by atoms with E-state index in [1.807, 2.05) is 5.09 Å². The fourth-order valence-corrected chi connectivity index (χ4v) is 2.15. The second-order valence-corrected chi connectivity index (χ2v) is 5.30. The van der Waals surface area contributed by atoms with Crippen LogP contribution >= 0.6 is 7.67 Å². The summed E-state index contributed by atoms with van der Waals surface area (Å²) in [6, 6.07) is 2.61. The van der Waals surface area contributed by atoms with E-state index in [1.54, 1.807) is 0 Å². The van der Waals surface area contributed by atoms with Gasteiger partial charge in [-0.1, -0.05) is 0 Å². The summed E-state index contributed by atoms with van der Waals surface area (Å²) >= 11 is 0. The number of hydrogen-bond acceptors (Lipinski definition) is 4. The molecule has 1 aliphatic carbocycles. The number of anilines is 1. The van der Waals surface area contributed by atoms with Crippen LogP contribution in [0.4, 0.5) is 5.69 Å². The minimum atomic E-state index is -4.20. The quantitative estimate of drug-likeness (QED) is 0.354. The van der Waals surface area contributed by atoms with Gasteiger partial charge in [-0.3, -0.25) is 10.1 Å². The summed E-state index contributed by atoms with van der Waals surface area (Å²) < 4.78 is 10.9. The van der Waals surface area contributed by atoms with E-state index >= 15 is 0 Å². The van der Waals surface area contributed by atoms with Crippen molar-refractivity contribution in [3.8, 4) is 11.5 Å². The molecule has 1 aromatic carbocycles. The van der Waals surface area contributed by atoms with Crippen LogP contribution in [0.1, 0.15) is 24.3 Å². The summed E-state index contributed by atoms with van der Waals surface area (Å²) in [6.45, 7) is 0. The zero-order valence-corrected chi connectivity index (χ0v) is 9.28.